The largest absolute Gasteiger partial charge is 0.395 e. The number of anilines is 1. The SMILES string of the molecule is CCC(C)(C)N=C(NC#N)Nc1cc[n+](O)cc1C(=O)NCCO. The fourth-order valence-corrected chi connectivity index (χ4v) is 1.69. The number of aliphatic hydroxyl groups excluding tert-OH is 1. The smallest absolute Gasteiger partial charge is 0.259 e. The van der Waals surface area contributed by atoms with Gasteiger partial charge in [-0.1, -0.05) is 6.92 Å². The average molecular weight is 335 g/mol. The van der Waals surface area contributed by atoms with Crippen LogP contribution in [0.25, 0.3) is 0 Å². The van der Waals surface area contributed by atoms with Crippen molar-refractivity contribution in [2.75, 3.05) is 18.5 Å². The molecule has 0 bridgehead atoms. The summed E-state index contributed by atoms with van der Waals surface area (Å²) in [4.78, 5) is 16.6. The number of guanidine groups is 1. The Morgan fingerprint density at radius 3 is 2.79 bits per heavy atom. The van der Waals surface area contributed by atoms with Crippen molar-refractivity contribution in [1.29, 1.82) is 5.26 Å². The van der Waals surface area contributed by atoms with Crippen molar-refractivity contribution in [1.82, 2.24) is 10.6 Å². The first kappa shape index (κ1) is 19.2. The van der Waals surface area contributed by atoms with Crippen molar-refractivity contribution in [2.24, 2.45) is 4.99 Å². The van der Waals surface area contributed by atoms with Crippen LogP contribution in [-0.4, -0.2) is 40.9 Å². The zero-order valence-corrected chi connectivity index (χ0v) is 14.0. The lowest BCUT2D eigenvalue weighted by Crippen LogP contribution is -2.36. The van der Waals surface area contributed by atoms with Crippen molar-refractivity contribution >= 4 is 17.6 Å². The van der Waals surface area contributed by atoms with Gasteiger partial charge in [-0.15, -0.1) is 0 Å². The van der Waals surface area contributed by atoms with E-state index in [0.717, 1.165) is 11.2 Å². The quantitative estimate of drug-likeness (QED) is 0.124. The molecule has 0 aromatic carbocycles. The monoisotopic (exact) mass is 335 g/mol. The van der Waals surface area contributed by atoms with Crippen LogP contribution < -0.4 is 20.7 Å². The van der Waals surface area contributed by atoms with Gasteiger partial charge in [0.2, 0.25) is 18.4 Å². The number of rotatable bonds is 6. The molecule has 9 nitrogen and oxygen atoms in total. The summed E-state index contributed by atoms with van der Waals surface area (Å²) in [5.74, 6) is -0.294. The van der Waals surface area contributed by atoms with Crippen LogP contribution in [-0.2, 0) is 0 Å². The van der Waals surface area contributed by atoms with E-state index in [-0.39, 0.29) is 24.7 Å². The maximum atomic E-state index is 12.1. The number of aliphatic imine (C=N–C) groups is 1. The van der Waals surface area contributed by atoms with Crippen LogP contribution in [0.4, 0.5) is 5.69 Å². The van der Waals surface area contributed by atoms with Gasteiger partial charge in [0.05, 0.1) is 17.8 Å². The number of carbonyl (C=O) groups is 1. The Morgan fingerprint density at radius 2 is 2.21 bits per heavy atom. The second-order valence-corrected chi connectivity index (χ2v) is 5.62. The summed E-state index contributed by atoms with van der Waals surface area (Å²) in [5.41, 5.74) is 0.0799. The van der Waals surface area contributed by atoms with Crippen LogP contribution in [0.2, 0.25) is 0 Å². The van der Waals surface area contributed by atoms with Crippen LogP contribution >= 0.6 is 0 Å². The first-order chi connectivity index (χ1) is 11.3. The number of hydrogen-bond donors (Lipinski definition) is 5. The predicted octanol–water partition coefficient (Wildman–Crippen LogP) is -0.0393. The summed E-state index contributed by atoms with van der Waals surface area (Å²) in [6.45, 7) is 5.68. The molecule has 1 aromatic rings. The summed E-state index contributed by atoms with van der Waals surface area (Å²) < 4.78 is 0.740. The van der Waals surface area contributed by atoms with Gasteiger partial charge in [-0.05, 0) is 20.3 Å². The number of nitrogens with zero attached hydrogens (tertiary/aromatic N) is 3. The van der Waals surface area contributed by atoms with Crippen molar-refractivity contribution in [2.45, 2.75) is 32.7 Å². The average Bonchev–Trinajstić information content (AvgIpc) is 2.54. The number of aromatic nitrogens is 1. The Hall–Kier alpha value is -2.86. The number of hydrogen-bond acceptors (Lipinski definition) is 5. The third-order valence-electron chi connectivity index (χ3n) is 3.29. The molecule has 130 valence electrons. The van der Waals surface area contributed by atoms with E-state index in [1.165, 1.54) is 18.5 Å². The number of nitriles is 1. The van der Waals surface area contributed by atoms with Gasteiger partial charge in [0.1, 0.15) is 5.56 Å². The summed E-state index contributed by atoms with van der Waals surface area (Å²) >= 11 is 0. The molecule has 0 aliphatic rings. The molecule has 0 spiro atoms. The van der Waals surface area contributed by atoms with Gasteiger partial charge in [-0.25, -0.2) is 4.99 Å². The molecule has 0 saturated carbocycles. The van der Waals surface area contributed by atoms with Gasteiger partial charge >= 0.3 is 0 Å². The molecule has 0 atom stereocenters. The lowest BCUT2D eigenvalue weighted by atomic mass is 10.0. The summed E-state index contributed by atoms with van der Waals surface area (Å²) in [7, 11) is 0. The summed E-state index contributed by atoms with van der Waals surface area (Å²) in [5, 5.41) is 35.1. The molecule has 0 unspecified atom stereocenters. The highest BCUT2D eigenvalue weighted by Crippen LogP contribution is 2.16. The standard InChI is InChI=1S/C15H22N6O3/c1-4-15(2,3)20-14(18-10-16)19-12-5-7-21(24)9-11(12)13(23)17-6-8-22/h5,7,9,22,24H,4,6,8H2,1-3H3,(H2,17,18,20,23)/p+1. The van der Waals surface area contributed by atoms with Gasteiger partial charge in [0.25, 0.3) is 5.91 Å². The zero-order valence-electron chi connectivity index (χ0n) is 14.0. The van der Waals surface area contributed by atoms with E-state index in [1.54, 1.807) is 6.19 Å². The fourth-order valence-electron chi connectivity index (χ4n) is 1.69. The molecule has 1 heterocycles. The minimum atomic E-state index is -0.485. The van der Waals surface area contributed by atoms with E-state index in [0.29, 0.717) is 5.69 Å². The number of nitrogens with one attached hydrogen (secondary N) is 3. The van der Waals surface area contributed by atoms with Crippen molar-refractivity contribution < 1.29 is 19.8 Å². The van der Waals surface area contributed by atoms with Crippen molar-refractivity contribution in [3.63, 3.8) is 0 Å². The molecule has 1 aromatic heterocycles. The first-order valence-electron chi connectivity index (χ1n) is 7.48. The Balaban J connectivity index is 3.16. The maximum absolute atomic E-state index is 12.1. The molecule has 0 saturated heterocycles. The third-order valence-corrected chi connectivity index (χ3v) is 3.29. The van der Waals surface area contributed by atoms with Crippen LogP contribution in [0.3, 0.4) is 0 Å². The van der Waals surface area contributed by atoms with E-state index < -0.39 is 11.4 Å². The van der Waals surface area contributed by atoms with Crippen molar-refractivity contribution in [3.05, 3.63) is 24.0 Å². The Kier molecular flexibility index (Phi) is 6.95. The molecule has 0 aliphatic heterocycles. The molecule has 0 radical (unpaired) electrons. The minimum Gasteiger partial charge on any atom is -0.395 e. The molecule has 1 amide bonds. The Bertz CT molecular complexity index is 651. The van der Waals surface area contributed by atoms with E-state index >= 15 is 0 Å². The van der Waals surface area contributed by atoms with E-state index in [9.17, 15) is 10.0 Å². The van der Waals surface area contributed by atoms with Crippen LogP contribution in [0.1, 0.15) is 37.6 Å². The van der Waals surface area contributed by atoms with Crippen LogP contribution in [0.5, 0.6) is 0 Å². The maximum Gasteiger partial charge on any atom is 0.259 e. The molecule has 5 N–H and O–H groups in total. The van der Waals surface area contributed by atoms with Crippen LogP contribution in [0, 0.1) is 11.5 Å². The van der Waals surface area contributed by atoms with E-state index in [2.05, 4.69) is 20.9 Å². The van der Waals surface area contributed by atoms with Gasteiger partial charge in [0, 0.05) is 17.3 Å². The van der Waals surface area contributed by atoms with Gasteiger partial charge in [-0.3, -0.25) is 15.3 Å². The Labute approximate surface area is 140 Å². The van der Waals surface area contributed by atoms with E-state index in [1.807, 2.05) is 20.8 Å². The topological polar surface area (TPSA) is 134 Å². The van der Waals surface area contributed by atoms with Crippen molar-refractivity contribution in [3.8, 4) is 6.19 Å². The highest BCUT2D eigenvalue weighted by atomic mass is 16.5. The molecule has 24 heavy (non-hydrogen) atoms. The zero-order chi connectivity index (χ0) is 18.2. The minimum absolute atomic E-state index is 0.0822. The normalized spacial score (nSPS) is 11.5. The van der Waals surface area contributed by atoms with Gasteiger partial charge < -0.3 is 15.7 Å². The van der Waals surface area contributed by atoms with E-state index in [4.69, 9.17) is 10.4 Å². The van der Waals surface area contributed by atoms with Crippen LogP contribution in [0.15, 0.2) is 23.5 Å². The number of pyridine rings is 1. The van der Waals surface area contributed by atoms with Gasteiger partial charge in [0.15, 0.2) is 6.19 Å². The summed E-state index contributed by atoms with van der Waals surface area (Å²) in [6, 6.07) is 1.47. The lowest BCUT2D eigenvalue weighted by molar-refractivity contribution is -0.904. The molecular weight excluding hydrogens is 312 g/mol. The third kappa shape index (κ3) is 5.73. The first-order valence-corrected chi connectivity index (χ1v) is 7.48. The number of aliphatic hydroxyl groups is 1. The number of carbonyl (C=O) groups excluding carboxylic acids is 1. The van der Waals surface area contributed by atoms with Gasteiger partial charge in [-0.2, -0.15) is 5.26 Å². The second kappa shape index (κ2) is 8.69. The fraction of sp³-hybridized carbons (Fsp3) is 0.467. The highest BCUT2D eigenvalue weighted by molar-refractivity contribution is 6.04. The molecular formula is C15H23N6O3+. The molecule has 9 heteroatoms. The predicted molar refractivity (Wildman–Crippen MR) is 87.4 cm³/mol. The summed E-state index contributed by atoms with van der Waals surface area (Å²) in [6.07, 6.45) is 5.09. The molecule has 0 aliphatic carbocycles. The lowest BCUT2D eigenvalue weighted by Gasteiger charge is -2.19. The number of amides is 1. The Morgan fingerprint density at radius 1 is 1.50 bits per heavy atom. The molecule has 1 rings (SSSR count). The highest BCUT2D eigenvalue weighted by Gasteiger charge is 2.20. The molecule has 0 fully saturated rings. The second-order valence-electron chi connectivity index (χ2n) is 5.62.